The van der Waals surface area contributed by atoms with Crippen molar-refractivity contribution < 1.29 is 14.0 Å². The highest BCUT2D eigenvalue weighted by Crippen LogP contribution is 2.20. The fourth-order valence-electron chi connectivity index (χ4n) is 2.54. The average Bonchev–Trinajstić information content (AvgIpc) is 2.60. The number of benzene rings is 2. The van der Waals surface area contributed by atoms with Crippen LogP contribution in [-0.2, 0) is 22.7 Å². The van der Waals surface area contributed by atoms with Gasteiger partial charge in [0, 0.05) is 25.7 Å². The maximum Gasteiger partial charge on any atom is 0.237 e. The lowest BCUT2D eigenvalue weighted by atomic mass is 9.90. The van der Waals surface area contributed by atoms with Crippen molar-refractivity contribution in [2.45, 2.75) is 26.9 Å². The Hall–Kier alpha value is -2.69. The Bertz CT molecular complexity index is 744. The molecule has 0 aliphatic rings. The van der Waals surface area contributed by atoms with Crippen molar-refractivity contribution in [3.05, 3.63) is 71.5 Å². The maximum atomic E-state index is 13.6. The van der Waals surface area contributed by atoms with Gasteiger partial charge in [0.15, 0.2) is 0 Å². The zero-order chi connectivity index (χ0) is 18.4. The fraction of sp³-hybridized carbons (Fsp3) is 0.300. The lowest BCUT2D eigenvalue weighted by Crippen LogP contribution is -2.48. The second-order valence-corrected chi connectivity index (χ2v) is 6.55. The predicted octanol–water partition coefficient (Wildman–Crippen LogP) is 3.13. The van der Waals surface area contributed by atoms with E-state index in [4.69, 9.17) is 0 Å². The number of nitrogens with one attached hydrogen (secondary N) is 1. The number of rotatable bonds is 6. The number of halogens is 1. The highest BCUT2D eigenvalue weighted by Gasteiger charge is 2.38. The minimum absolute atomic E-state index is 0.0462. The van der Waals surface area contributed by atoms with E-state index in [0.717, 1.165) is 5.56 Å². The van der Waals surface area contributed by atoms with E-state index in [1.807, 2.05) is 30.3 Å². The number of carbonyl (C=O) groups is 2. The number of carbonyl (C=O) groups excluding carboxylic acids is 2. The summed E-state index contributed by atoms with van der Waals surface area (Å²) in [5, 5.41) is 2.65. The molecule has 2 aromatic rings. The molecule has 0 bridgehead atoms. The van der Waals surface area contributed by atoms with Gasteiger partial charge in [-0.3, -0.25) is 9.59 Å². The Balaban J connectivity index is 1.99. The van der Waals surface area contributed by atoms with E-state index in [1.165, 1.54) is 11.0 Å². The highest BCUT2D eigenvalue weighted by atomic mass is 19.1. The van der Waals surface area contributed by atoms with E-state index in [-0.39, 0.29) is 18.3 Å². The summed E-state index contributed by atoms with van der Waals surface area (Å²) in [7, 11) is 1.67. The highest BCUT2D eigenvalue weighted by molar-refractivity contribution is 6.04. The molecule has 25 heavy (non-hydrogen) atoms. The first kappa shape index (κ1) is 18.6. The van der Waals surface area contributed by atoms with Gasteiger partial charge in [-0.2, -0.15) is 0 Å². The zero-order valence-electron chi connectivity index (χ0n) is 14.8. The summed E-state index contributed by atoms with van der Waals surface area (Å²) < 4.78 is 13.6. The average molecular weight is 342 g/mol. The molecule has 0 atom stereocenters. The Labute approximate surface area is 147 Å². The normalized spacial score (nSPS) is 11.0. The van der Waals surface area contributed by atoms with E-state index in [9.17, 15) is 14.0 Å². The van der Waals surface area contributed by atoms with E-state index in [2.05, 4.69) is 5.32 Å². The third kappa shape index (κ3) is 4.66. The molecule has 5 heteroatoms. The SMILES string of the molecule is CN(Cc1ccccc1)C(=O)C(C)(C)C(=O)NCc1ccccc1F. The Morgan fingerprint density at radius 1 is 1.04 bits per heavy atom. The molecule has 0 aliphatic carbocycles. The molecule has 0 heterocycles. The zero-order valence-corrected chi connectivity index (χ0v) is 14.8. The number of hydrogen-bond donors (Lipinski definition) is 1. The summed E-state index contributed by atoms with van der Waals surface area (Å²) in [6.45, 7) is 3.62. The minimum Gasteiger partial charge on any atom is -0.351 e. The van der Waals surface area contributed by atoms with Crippen molar-refractivity contribution in [3.8, 4) is 0 Å². The molecular weight excluding hydrogens is 319 g/mol. The van der Waals surface area contributed by atoms with Crippen LogP contribution in [0, 0.1) is 11.2 Å². The molecule has 2 aromatic carbocycles. The Morgan fingerprint density at radius 3 is 2.28 bits per heavy atom. The minimum atomic E-state index is -1.24. The molecule has 0 aromatic heterocycles. The summed E-state index contributed by atoms with van der Waals surface area (Å²) in [6, 6.07) is 15.8. The fourth-order valence-corrected chi connectivity index (χ4v) is 2.54. The van der Waals surface area contributed by atoms with Crippen molar-refractivity contribution in [2.75, 3.05) is 7.05 Å². The molecule has 4 nitrogen and oxygen atoms in total. The second-order valence-electron chi connectivity index (χ2n) is 6.55. The molecule has 2 rings (SSSR count). The summed E-state index contributed by atoms with van der Waals surface area (Å²) in [5.74, 6) is -1.10. The third-order valence-corrected chi connectivity index (χ3v) is 4.11. The Morgan fingerprint density at radius 2 is 1.64 bits per heavy atom. The molecule has 0 fully saturated rings. The second kappa shape index (κ2) is 7.92. The van der Waals surface area contributed by atoms with Crippen LogP contribution in [0.15, 0.2) is 54.6 Å². The first-order valence-electron chi connectivity index (χ1n) is 8.13. The van der Waals surface area contributed by atoms with Crippen LogP contribution in [0.1, 0.15) is 25.0 Å². The van der Waals surface area contributed by atoms with Crippen molar-refractivity contribution in [1.82, 2.24) is 10.2 Å². The molecular formula is C20H23FN2O2. The first-order chi connectivity index (χ1) is 11.8. The van der Waals surface area contributed by atoms with E-state index < -0.39 is 11.3 Å². The molecule has 0 saturated heterocycles. The molecule has 0 aliphatic heterocycles. The lowest BCUT2D eigenvalue weighted by Gasteiger charge is -2.28. The van der Waals surface area contributed by atoms with Gasteiger partial charge in [-0.05, 0) is 25.5 Å². The van der Waals surface area contributed by atoms with Gasteiger partial charge in [0.05, 0.1) is 0 Å². The molecule has 0 spiro atoms. The summed E-state index contributed by atoms with van der Waals surface area (Å²) in [6.07, 6.45) is 0. The molecule has 0 radical (unpaired) electrons. The molecule has 2 amide bonds. The van der Waals surface area contributed by atoms with Crippen LogP contribution in [0.25, 0.3) is 0 Å². The van der Waals surface area contributed by atoms with Crippen LogP contribution in [0.5, 0.6) is 0 Å². The summed E-state index contributed by atoms with van der Waals surface area (Å²) >= 11 is 0. The van der Waals surface area contributed by atoms with Crippen molar-refractivity contribution in [3.63, 3.8) is 0 Å². The predicted molar refractivity (Wildman–Crippen MR) is 94.9 cm³/mol. The summed E-state index contributed by atoms with van der Waals surface area (Å²) in [5.41, 5.74) is 0.132. The van der Waals surface area contributed by atoms with Crippen LogP contribution >= 0.6 is 0 Å². The van der Waals surface area contributed by atoms with Gasteiger partial charge < -0.3 is 10.2 Å². The topological polar surface area (TPSA) is 49.4 Å². The third-order valence-electron chi connectivity index (χ3n) is 4.11. The van der Waals surface area contributed by atoms with Crippen molar-refractivity contribution >= 4 is 11.8 Å². The van der Waals surface area contributed by atoms with Gasteiger partial charge in [-0.15, -0.1) is 0 Å². The van der Waals surface area contributed by atoms with Crippen molar-refractivity contribution in [1.29, 1.82) is 0 Å². The van der Waals surface area contributed by atoms with E-state index in [1.54, 1.807) is 39.1 Å². The lowest BCUT2D eigenvalue weighted by molar-refractivity contribution is -0.148. The summed E-state index contributed by atoms with van der Waals surface area (Å²) in [4.78, 5) is 26.7. The van der Waals surface area contributed by atoms with Crippen LogP contribution < -0.4 is 5.32 Å². The van der Waals surface area contributed by atoms with Gasteiger partial charge in [0.2, 0.25) is 11.8 Å². The van der Waals surface area contributed by atoms with Crippen LogP contribution in [0.3, 0.4) is 0 Å². The van der Waals surface area contributed by atoms with Gasteiger partial charge in [0.25, 0.3) is 0 Å². The van der Waals surface area contributed by atoms with E-state index >= 15 is 0 Å². The standard InChI is InChI=1S/C20H23FN2O2/c1-20(2,18(24)22-13-16-11-7-8-12-17(16)21)19(25)23(3)14-15-9-5-4-6-10-15/h4-12H,13-14H2,1-3H3,(H,22,24). The van der Waals surface area contributed by atoms with Gasteiger partial charge >= 0.3 is 0 Å². The van der Waals surface area contributed by atoms with Crippen LogP contribution in [0.4, 0.5) is 4.39 Å². The monoisotopic (exact) mass is 342 g/mol. The molecule has 0 saturated carbocycles. The maximum absolute atomic E-state index is 13.6. The van der Waals surface area contributed by atoms with Crippen LogP contribution in [0.2, 0.25) is 0 Å². The van der Waals surface area contributed by atoms with Gasteiger partial charge in [-0.1, -0.05) is 48.5 Å². The first-order valence-corrected chi connectivity index (χ1v) is 8.13. The Kier molecular flexibility index (Phi) is 5.91. The molecule has 1 N–H and O–H groups in total. The smallest absolute Gasteiger partial charge is 0.237 e. The number of nitrogens with zero attached hydrogens (tertiary/aromatic N) is 1. The van der Waals surface area contributed by atoms with Crippen molar-refractivity contribution in [2.24, 2.45) is 5.41 Å². The largest absolute Gasteiger partial charge is 0.351 e. The van der Waals surface area contributed by atoms with Crippen LogP contribution in [-0.4, -0.2) is 23.8 Å². The molecule has 132 valence electrons. The number of hydrogen-bond acceptors (Lipinski definition) is 2. The molecule has 0 unspecified atom stereocenters. The quantitative estimate of drug-likeness (QED) is 0.820. The number of amides is 2. The van der Waals surface area contributed by atoms with E-state index in [0.29, 0.717) is 12.1 Å². The van der Waals surface area contributed by atoms with Gasteiger partial charge in [0.1, 0.15) is 11.2 Å². The van der Waals surface area contributed by atoms with Gasteiger partial charge in [-0.25, -0.2) is 4.39 Å².